The summed E-state index contributed by atoms with van der Waals surface area (Å²) >= 11 is 0. The number of amides is 2. The van der Waals surface area contributed by atoms with Crippen molar-refractivity contribution in [2.75, 3.05) is 48.0 Å². The van der Waals surface area contributed by atoms with E-state index in [4.69, 9.17) is 18.9 Å². The van der Waals surface area contributed by atoms with Crippen LogP contribution in [0.1, 0.15) is 42.1 Å². The fraction of sp³-hybridized carbons (Fsp3) is 0.640. The number of benzene rings is 1. The second-order valence-corrected chi connectivity index (χ2v) is 9.08. The molecular weight excluding hydrogens is 438 g/mol. The second-order valence-electron chi connectivity index (χ2n) is 9.08. The molecule has 0 radical (unpaired) electrons. The average Bonchev–Trinajstić information content (AvgIpc) is 2.86. The van der Waals surface area contributed by atoms with E-state index < -0.39 is 12.0 Å². The Morgan fingerprint density at radius 2 is 1.79 bits per heavy atom. The van der Waals surface area contributed by atoms with Gasteiger partial charge in [-0.2, -0.15) is 5.26 Å². The molecule has 0 aliphatic carbocycles. The molecule has 3 rings (SSSR count). The number of hydrogen-bond donors (Lipinski definition) is 0. The van der Waals surface area contributed by atoms with E-state index in [1.807, 2.05) is 6.92 Å². The van der Waals surface area contributed by atoms with Crippen molar-refractivity contribution in [3.05, 3.63) is 29.3 Å². The lowest BCUT2D eigenvalue weighted by Gasteiger charge is -2.37. The molecule has 186 valence electrons. The number of nitrogens with zero attached hydrogens (tertiary/aromatic N) is 3. The van der Waals surface area contributed by atoms with Crippen LogP contribution in [-0.2, 0) is 19.0 Å². The van der Waals surface area contributed by atoms with Gasteiger partial charge in [-0.15, -0.1) is 0 Å². The number of rotatable bonds is 2. The summed E-state index contributed by atoms with van der Waals surface area (Å²) in [5.41, 5.74) is 0.636. The van der Waals surface area contributed by atoms with Gasteiger partial charge in [0.05, 0.1) is 41.4 Å². The predicted molar refractivity (Wildman–Crippen MR) is 125 cm³/mol. The number of hydrogen-bond acceptors (Lipinski definition) is 7. The Kier molecular flexibility index (Phi) is 8.89. The SMILES string of the molecule is CO[C@H]1CC[C@@H]2CCN(C)C(=O)[C@H](C)[C@H](OC)CN(C)C(=O)c3cc(C#N)ccc3OC[C@@H]1O2. The van der Waals surface area contributed by atoms with E-state index in [1.165, 1.54) is 18.1 Å². The number of carbonyl (C=O) groups is 2. The third kappa shape index (κ3) is 5.87. The molecule has 1 aromatic rings. The Bertz CT molecular complexity index is 916. The van der Waals surface area contributed by atoms with Gasteiger partial charge in [-0.3, -0.25) is 9.59 Å². The molecule has 5 atom stereocenters. The molecule has 2 heterocycles. The van der Waals surface area contributed by atoms with E-state index in [0.717, 1.165) is 12.8 Å². The van der Waals surface area contributed by atoms with Gasteiger partial charge in [-0.1, -0.05) is 6.92 Å². The van der Waals surface area contributed by atoms with Crippen LogP contribution in [0.5, 0.6) is 5.75 Å². The molecule has 0 spiro atoms. The Labute approximate surface area is 201 Å². The van der Waals surface area contributed by atoms with Crippen LogP contribution in [0.3, 0.4) is 0 Å². The Morgan fingerprint density at radius 1 is 1.06 bits per heavy atom. The molecule has 9 heteroatoms. The van der Waals surface area contributed by atoms with Gasteiger partial charge < -0.3 is 28.7 Å². The Hall–Kier alpha value is -2.67. The Balaban J connectivity index is 1.96. The van der Waals surface area contributed by atoms with Gasteiger partial charge >= 0.3 is 0 Å². The van der Waals surface area contributed by atoms with Gasteiger partial charge in [0.1, 0.15) is 18.5 Å². The maximum Gasteiger partial charge on any atom is 0.257 e. The van der Waals surface area contributed by atoms with Crippen LogP contribution in [0.4, 0.5) is 0 Å². The van der Waals surface area contributed by atoms with Gasteiger partial charge in [0.2, 0.25) is 5.91 Å². The molecule has 2 aliphatic heterocycles. The first kappa shape index (κ1) is 25.9. The van der Waals surface area contributed by atoms with Crippen LogP contribution >= 0.6 is 0 Å². The van der Waals surface area contributed by atoms with Gasteiger partial charge in [0.25, 0.3) is 5.91 Å². The topological polar surface area (TPSA) is 101 Å². The van der Waals surface area contributed by atoms with Crippen molar-refractivity contribution in [3.8, 4) is 11.8 Å². The minimum Gasteiger partial charge on any atom is -0.490 e. The number of carbonyl (C=O) groups excluding carboxylic acids is 2. The van der Waals surface area contributed by atoms with Gasteiger partial charge in [0.15, 0.2) is 0 Å². The molecule has 2 amide bonds. The van der Waals surface area contributed by atoms with Gasteiger partial charge in [-0.05, 0) is 37.5 Å². The van der Waals surface area contributed by atoms with E-state index in [2.05, 4.69) is 6.07 Å². The quantitative estimate of drug-likeness (QED) is 0.648. The third-order valence-electron chi connectivity index (χ3n) is 6.81. The Morgan fingerprint density at radius 3 is 2.47 bits per heavy atom. The highest BCUT2D eigenvalue weighted by Crippen LogP contribution is 2.28. The van der Waals surface area contributed by atoms with Gasteiger partial charge in [-0.25, -0.2) is 0 Å². The van der Waals surface area contributed by atoms with Crippen molar-refractivity contribution in [2.24, 2.45) is 5.92 Å². The lowest BCUT2D eigenvalue weighted by Crippen LogP contribution is -2.47. The summed E-state index contributed by atoms with van der Waals surface area (Å²) in [7, 11) is 6.62. The fourth-order valence-corrected chi connectivity index (χ4v) is 4.58. The largest absolute Gasteiger partial charge is 0.490 e. The summed E-state index contributed by atoms with van der Waals surface area (Å²) < 4.78 is 23.6. The maximum atomic E-state index is 13.4. The van der Waals surface area contributed by atoms with E-state index in [1.54, 1.807) is 38.2 Å². The first-order chi connectivity index (χ1) is 16.3. The molecule has 1 saturated heterocycles. The third-order valence-corrected chi connectivity index (χ3v) is 6.81. The van der Waals surface area contributed by atoms with Crippen molar-refractivity contribution in [2.45, 2.75) is 50.6 Å². The number of methoxy groups -OCH3 is 2. The normalized spacial score (nSPS) is 29.2. The molecule has 1 fully saturated rings. The molecule has 2 aliphatic rings. The van der Waals surface area contributed by atoms with E-state index in [9.17, 15) is 14.9 Å². The van der Waals surface area contributed by atoms with E-state index >= 15 is 0 Å². The minimum absolute atomic E-state index is 0.0233. The van der Waals surface area contributed by atoms with Crippen LogP contribution in [0, 0.1) is 17.2 Å². The van der Waals surface area contributed by atoms with Crippen LogP contribution < -0.4 is 4.74 Å². The molecular formula is C25H35N3O6. The molecule has 9 nitrogen and oxygen atoms in total. The summed E-state index contributed by atoms with van der Waals surface area (Å²) in [6.45, 7) is 2.80. The first-order valence-corrected chi connectivity index (χ1v) is 11.7. The molecule has 34 heavy (non-hydrogen) atoms. The summed E-state index contributed by atoms with van der Waals surface area (Å²) in [4.78, 5) is 29.7. The number of ether oxygens (including phenoxy) is 4. The van der Waals surface area contributed by atoms with Crippen molar-refractivity contribution >= 4 is 11.8 Å². The summed E-state index contributed by atoms with van der Waals surface area (Å²) in [5, 5.41) is 9.36. The highest BCUT2D eigenvalue weighted by molar-refractivity contribution is 5.97. The number of likely N-dealkylation sites (N-methyl/N-ethyl adjacent to an activating group) is 1. The summed E-state index contributed by atoms with van der Waals surface area (Å²) in [6, 6.07) is 6.86. The van der Waals surface area contributed by atoms with Gasteiger partial charge in [0, 0.05) is 41.4 Å². The van der Waals surface area contributed by atoms with Crippen molar-refractivity contribution in [1.29, 1.82) is 5.26 Å². The maximum absolute atomic E-state index is 13.4. The smallest absolute Gasteiger partial charge is 0.257 e. The molecule has 2 bridgehead atoms. The van der Waals surface area contributed by atoms with E-state index in [0.29, 0.717) is 24.3 Å². The average molecular weight is 474 g/mol. The lowest BCUT2D eigenvalue weighted by molar-refractivity contribution is -0.147. The highest BCUT2D eigenvalue weighted by atomic mass is 16.6. The van der Waals surface area contributed by atoms with E-state index in [-0.39, 0.29) is 48.8 Å². The zero-order valence-corrected chi connectivity index (χ0v) is 20.7. The van der Waals surface area contributed by atoms with Crippen molar-refractivity contribution in [3.63, 3.8) is 0 Å². The molecule has 0 unspecified atom stereocenters. The zero-order valence-electron chi connectivity index (χ0n) is 20.7. The lowest BCUT2D eigenvalue weighted by atomic mass is 9.98. The predicted octanol–water partition coefficient (Wildman–Crippen LogP) is 2.08. The molecule has 0 N–H and O–H groups in total. The molecule has 0 saturated carbocycles. The monoisotopic (exact) mass is 473 g/mol. The second kappa shape index (κ2) is 11.6. The summed E-state index contributed by atoms with van der Waals surface area (Å²) in [5.74, 6) is -0.434. The number of nitriles is 1. The van der Waals surface area contributed by atoms with Crippen LogP contribution in [0.2, 0.25) is 0 Å². The molecule has 1 aromatic carbocycles. The van der Waals surface area contributed by atoms with Crippen LogP contribution in [0.15, 0.2) is 18.2 Å². The molecule has 0 aromatic heterocycles. The first-order valence-electron chi connectivity index (χ1n) is 11.7. The zero-order chi connectivity index (χ0) is 24.8. The highest BCUT2D eigenvalue weighted by Gasteiger charge is 2.34. The standard InChI is InChI=1S/C25H35N3O6/c1-16-22(32-5)14-28(3)25(30)19-12-17(13-26)6-8-20(19)33-15-23-21(31-4)9-7-18(34-23)10-11-27(2)24(16)29/h6,8,12,16,18,21-23H,7,9-11,14-15H2,1-5H3/t16-,18-,21+,22-,23+/m1/s1. The minimum atomic E-state index is -0.488. The van der Waals surface area contributed by atoms with Crippen molar-refractivity contribution in [1.82, 2.24) is 9.80 Å². The van der Waals surface area contributed by atoms with Crippen molar-refractivity contribution < 1.29 is 28.5 Å². The fourth-order valence-electron chi connectivity index (χ4n) is 4.58. The summed E-state index contributed by atoms with van der Waals surface area (Å²) in [6.07, 6.45) is 1.40. The van der Waals surface area contributed by atoms with Crippen LogP contribution in [-0.4, -0.2) is 94.0 Å². The van der Waals surface area contributed by atoms with Crippen LogP contribution in [0.25, 0.3) is 0 Å². The number of fused-ring (bicyclic) bond motifs is 3.